The number of hydrogen-bond acceptors (Lipinski definition) is 3. The zero-order chi connectivity index (χ0) is 13.7. The third kappa shape index (κ3) is 3.69. The van der Waals surface area contributed by atoms with E-state index in [1.165, 1.54) is 0 Å². The molecule has 1 atom stereocenters. The van der Waals surface area contributed by atoms with Gasteiger partial charge in [-0.1, -0.05) is 13.3 Å². The fraction of sp³-hybridized carbons (Fsp3) is 0.857. The van der Waals surface area contributed by atoms with E-state index in [-0.39, 0.29) is 23.8 Å². The van der Waals surface area contributed by atoms with Crippen LogP contribution in [-0.2, 0) is 14.3 Å². The summed E-state index contributed by atoms with van der Waals surface area (Å²) in [6, 6.07) is 0.273. The fourth-order valence-electron chi connectivity index (χ4n) is 2.79. The summed E-state index contributed by atoms with van der Waals surface area (Å²) in [4.78, 5) is 25.9. The molecule has 2 fully saturated rings. The van der Waals surface area contributed by atoms with E-state index < -0.39 is 0 Å². The standard InChI is InChI=1S/C14H24N2O3/c1-2-3-6-15-14(18)11-9-13(17)16(10-11)12-4-7-19-8-5-12/h11-12H,2-10H2,1H3,(H,15,18). The first-order valence-corrected chi connectivity index (χ1v) is 7.37. The predicted octanol–water partition coefficient (Wildman–Crippen LogP) is 0.930. The molecule has 2 heterocycles. The van der Waals surface area contributed by atoms with Crippen LogP contribution in [0.3, 0.4) is 0 Å². The molecular weight excluding hydrogens is 244 g/mol. The molecule has 0 radical (unpaired) electrons. The number of amides is 2. The monoisotopic (exact) mass is 268 g/mol. The molecule has 108 valence electrons. The third-order valence-electron chi connectivity index (χ3n) is 3.99. The lowest BCUT2D eigenvalue weighted by atomic mass is 10.1. The number of likely N-dealkylation sites (tertiary alicyclic amines) is 1. The Hall–Kier alpha value is -1.10. The van der Waals surface area contributed by atoms with E-state index in [0.29, 0.717) is 13.0 Å². The molecule has 0 aromatic rings. The highest BCUT2D eigenvalue weighted by Crippen LogP contribution is 2.24. The largest absolute Gasteiger partial charge is 0.381 e. The van der Waals surface area contributed by atoms with E-state index >= 15 is 0 Å². The van der Waals surface area contributed by atoms with Crippen molar-refractivity contribution >= 4 is 11.8 Å². The Labute approximate surface area is 114 Å². The Morgan fingerprint density at radius 2 is 2.16 bits per heavy atom. The lowest BCUT2D eigenvalue weighted by Crippen LogP contribution is -2.41. The quantitative estimate of drug-likeness (QED) is 0.755. The smallest absolute Gasteiger partial charge is 0.225 e. The van der Waals surface area contributed by atoms with Crippen LogP contribution in [-0.4, -0.2) is 49.1 Å². The van der Waals surface area contributed by atoms with Crippen molar-refractivity contribution in [3.8, 4) is 0 Å². The van der Waals surface area contributed by atoms with Crippen LogP contribution in [0.25, 0.3) is 0 Å². The predicted molar refractivity (Wildman–Crippen MR) is 71.6 cm³/mol. The molecule has 2 aliphatic heterocycles. The van der Waals surface area contributed by atoms with Gasteiger partial charge in [-0.25, -0.2) is 0 Å². The van der Waals surface area contributed by atoms with Crippen molar-refractivity contribution in [3.05, 3.63) is 0 Å². The van der Waals surface area contributed by atoms with Crippen LogP contribution >= 0.6 is 0 Å². The maximum atomic E-state index is 12.0. The number of ether oxygens (including phenoxy) is 1. The molecule has 0 spiro atoms. The first-order chi connectivity index (χ1) is 9.22. The van der Waals surface area contributed by atoms with Crippen molar-refractivity contribution in [2.75, 3.05) is 26.3 Å². The minimum Gasteiger partial charge on any atom is -0.381 e. The van der Waals surface area contributed by atoms with Gasteiger partial charge in [0.2, 0.25) is 11.8 Å². The summed E-state index contributed by atoms with van der Waals surface area (Å²) in [5.41, 5.74) is 0. The Morgan fingerprint density at radius 1 is 1.42 bits per heavy atom. The number of carbonyl (C=O) groups is 2. The molecule has 2 amide bonds. The van der Waals surface area contributed by atoms with Gasteiger partial charge in [0.1, 0.15) is 0 Å². The fourth-order valence-corrected chi connectivity index (χ4v) is 2.79. The van der Waals surface area contributed by atoms with Crippen LogP contribution in [0.2, 0.25) is 0 Å². The molecule has 2 rings (SSSR count). The van der Waals surface area contributed by atoms with Crippen LogP contribution in [0.5, 0.6) is 0 Å². The van der Waals surface area contributed by atoms with Crippen molar-refractivity contribution in [2.45, 2.75) is 45.1 Å². The number of nitrogens with zero attached hydrogens (tertiary/aromatic N) is 1. The van der Waals surface area contributed by atoms with Crippen LogP contribution in [0.4, 0.5) is 0 Å². The van der Waals surface area contributed by atoms with E-state index in [1.807, 2.05) is 4.90 Å². The van der Waals surface area contributed by atoms with Crippen LogP contribution in [0, 0.1) is 5.92 Å². The second-order valence-corrected chi connectivity index (χ2v) is 5.44. The van der Waals surface area contributed by atoms with Gasteiger partial charge >= 0.3 is 0 Å². The first-order valence-electron chi connectivity index (χ1n) is 7.37. The zero-order valence-corrected chi connectivity index (χ0v) is 11.7. The second kappa shape index (κ2) is 6.89. The Kier molecular flexibility index (Phi) is 5.19. The van der Waals surface area contributed by atoms with Gasteiger partial charge in [0.05, 0.1) is 5.92 Å². The maximum absolute atomic E-state index is 12.0. The maximum Gasteiger partial charge on any atom is 0.225 e. The van der Waals surface area contributed by atoms with Crippen molar-refractivity contribution in [3.63, 3.8) is 0 Å². The summed E-state index contributed by atoms with van der Waals surface area (Å²) in [6.07, 6.45) is 4.23. The number of nitrogens with one attached hydrogen (secondary N) is 1. The summed E-state index contributed by atoms with van der Waals surface area (Å²) in [6.45, 7) is 4.85. The average Bonchev–Trinajstić information content (AvgIpc) is 2.82. The molecule has 0 bridgehead atoms. The summed E-state index contributed by atoms with van der Waals surface area (Å²) in [5.74, 6) is 0.00565. The molecule has 5 heteroatoms. The summed E-state index contributed by atoms with van der Waals surface area (Å²) in [7, 11) is 0. The molecular formula is C14H24N2O3. The van der Waals surface area contributed by atoms with E-state index in [0.717, 1.165) is 45.4 Å². The molecule has 1 unspecified atom stereocenters. The van der Waals surface area contributed by atoms with Crippen molar-refractivity contribution < 1.29 is 14.3 Å². The highest BCUT2D eigenvalue weighted by Gasteiger charge is 2.38. The third-order valence-corrected chi connectivity index (χ3v) is 3.99. The lowest BCUT2D eigenvalue weighted by molar-refractivity contribution is -0.131. The zero-order valence-electron chi connectivity index (χ0n) is 11.7. The van der Waals surface area contributed by atoms with Crippen LogP contribution < -0.4 is 5.32 Å². The average molecular weight is 268 g/mol. The Balaban J connectivity index is 1.82. The van der Waals surface area contributed by atoms with Crippen molar-refractivity contribution in [2.24, 2.45) is 5.92 Å². The normalized spacial score (nSPS) is 24.8. The topological polar surface area (TPSA) is 58.6 Å². The van der Waals surface area contributed by atoms with Crippen LogP contribution in [0.15, 0.2) is 0 Å². The minimum atomic E-state index is -0.160. The van der Waals surface area contributed by atoms with E-state index in [4.69, 9.17) is 4.74 Å². The van der Waals surface area contributed by atoms with Gasteiger partial charge in [-0.15, -0.1) is 0 Å². The molecule has 2 aliphatic rings. The number of carbonyl (C=O) groups excluding carboxylic acids is 2. The van der Waals surface area contributed by atoms with E-state index in [9.17, 15) is 9.59 Å². The molecule has 0 aromatic carbocycles. The van der Waals surface area contributed by atoms with Crippen LogP contribution in [0.1, 0.15) is 39.0 Å². The van der Waals surface area contributed by atoms with Gasteiger partial charge in [-0.2, -0.15) is 0 Å². The summed E-state index contributed by atoms with van der Waals surface area (Å²) >= 11 is 0. The number of unbranched alkanes of at least 4 members (excludes halogenated alkanes) is 1. The molecule has 1 N–H and O–H groups in total. The Bertz CT molecular complexity index is 327. The molecule has 0 aromatic heterocycles. The van der Waals surface area contributed by atoms with Gasteiger partial charge in [0.25, 0.3) is 0 Å². The number of hydrogen-bond donors (Lipinski definition) is 1. The Morgan fingerprint density at radius 3 is 2.84 bits per heavy atom. The molecule has 5 nitrogen and oxygen atoms in total. The first kappa shape index (κ1) is 14.3. The van der Waals surface area contributed by atoms with Gasteiger partial charge < -0.3 is 15.0 Å². The van der Waals surface area contributed by atoms with Crippen molar-refractivity contribution in [1.82, 2.24) is 10.2 Å². The molecule has 0 saturated carbocycles. The number of rotatable bonds is 5. The second-order valence-electron chi connectivity index (χ2n) is 5.44. The van der Waals surface area contributed by atoms with Gasteiger partial charge in [-0.05, 0) is 19.3 Å². The molecule has 2 saturated heterocycles. The molecule has 0 aliphatic carbocycles. The van der Waals surface area contributed by atoms with Gasteiger partial charge in [-0.3, -0.25) is 9.59 Å². The highest BCUT2D eigenvalue weighted by atomic mass is 16.5. The van der Waals surface area contributed by atoms with Gasteiger partial charge in [0, 0.05) is 38.8 Å². The highest BCUT2D eigenvalue weighted by molar-refractivity contribution is 5.89. The summed E-state index contributed by atoms with van der Waals surface area (Å²) in [5, 5.41) is 2.93. The minimum absolute atomic E-state index is 0.0383. The lowest BCUT2D eigenvalue weighted by Gasteiger charge is -2.31. The van der Waals surface area contributed by atoms with E-state index in [2.05, 4.69) is 12.2 Å². The molecule has 19 heavy (non-hydrogen) atoms. The van der Waals surface area contributed by atoms with Gasteiger partial charge in [0.15, 0.2) is 0 Å². The van der Waals surface area contributed by atoms with Crippen molar-refractivity contribution in [1.29, 1.82) is 0 Å². The SMILES string of the molecule is CCCCNC(=O)C1CC(=O)N(C2CCOCC2)C1. The summed E-state index contributed by atoms with van der Waals surface area (Å²) < 4.78 is 5.32. The van der Waals surface area contributed by atoms with E-state index in [1.54, 1.807) is 0 Å².